The molecule has 0 saturated carbocycles. The van der Waals surface area contributed by atoms with Gasteiger partial charge >= 0.3 is 0 Å². The summed E-state index contributed by atoms with van der Waals surface area (Å²) in [6, 6.07) is 3.43. The van der Waals surface area contributed by atoms with E-state index in [4.69, 9.17) is 33.3 Å². The molecule has 0 radical (unpaired) electrons. The van der Waals surface area contributed by atoms with Crippen molar-refractivity contribution >= 4 is 34.8 Å². The molecule has 0 saturated heterocycles. The Kier molecular flexibility index (Phi) is 6.54. The lowest BCUT2D eigenvalue weighted by Gasteiger charge is -2.13. The fourth-order valence-corrected chi connectivity index (χ4v) is 1.87. The van der Waals surface area contributed by atoms with Gasteiger partial charge in [0, 0.05) is 24.1 Å². The van der Waals surface area contributed by atoms with E-state index in [1.54, 1.807) is 33.3 Å². The lowest BCUT2D eigenvalue weighted by Crippen LogP contribution is -2.38. The van der Waals surface area contributed by atoms with E-state index in [1.807, 2.05) is 0 Å². The lowest BCUT2D eigenvalue weighted by atomic mass is 10.2. The van der Waals surface area contributed by atoms with Crippen LogP contribution in [0.1, 0.15) is 18.9 Å². The van der Waals surface area contributed by atoms with Crippen LogP contribution in [0.15, 0.2) is 12.1 Å². The summed E-state index contributed by atoms with van der Waals surface area (Å²) in [5.41, 5.74) is 0.789. The minimum atomic E-state index is -0.138. The topological polar surface area (TPSA) is 59.6 Å². The van der Waals surface area contributed by atoms with Gasteiger partial charge in [-0.25, -0.2) is 0 Å². The monoisotopic (exact) mass is 316 g/mol. The molecule has 5 nitrogen and oxygen atoms in total. The first kappa shape index (κ1) is 16.5. The van der Waals surface area contributed by atoms with Crippen LogP contribution in [-0.2, 0) is 11.3 Å². The molecule has 0 aliphatic carbocycles. The molecule has 0 heterocycles. The zero-order chi connectivity index (χ0) is 15.1. The zero-order valence-electron chi connectivity index (χ0n) is 11.6. The molecule has 0 atom stereocenters. The number of carbonyl (C=O) groups excluding carboxylic acids is 1. The van der Waals surface area contributed by atoms with Crippen molar-refractivity contribution in [1.29, 1.82) is 0 Å². The van der Waals surface area contributed by atoms with E-state index in [2.05, 4.69) is 10.6 Å². The number of carbonyl (C=O) groups is 1. The van der Waals surface area contributed by atoms with Gasteiger partial charge in [-0.2, -0.15) is 0 Å². The molecule has 1 amide bonds. The third kappa shape index (κ3) is 4.54. The second-order valence-electron chi connectivity index (χ2n) is 3.88. The number of hydrogen-bond acceptors (Lipinski definition) is 4. The van der Waals surface area contributed by atoms with Crippen LogP contribution in [0.5, 0.6) is 11.5 Å². The molecule has 2 N–H and O–H groups in total. The number of halogens is 1. The van der Waals surface area contributed by atoms with E-state index < -0.39 is 0 Å². The van der Waals surface area contributed by atoms with E-state index >= 15 is 0 Å². The number of amides is 1. The first-order chi connectivity index (χ1) is 9.51. The molecular formula is C13H17ClN2O3S. The third-order valence-corrected chi connectivity index (χ3v) is 3.16. The van der Waals surface area contributed by atoms with Crippen LogP contribution in [0.2, 0.25) is 5.02 Å². The molecule has 1 rings (SSSR count). The molecule has 0 bridgehead atoms. The summed E-state index contributed by atoms with van der Waals surface area (Å²) in [6.45, 7) is 2.13. The predicted octanol–water partition coefficient (Wildman–Crippen LogP) is 2.26. The van der Waals surface area contributed by atoms with Crippen LogP contribution in [-0.4, -0.2) is 25.2 Å². The van der Waals surface area contributed by atoms with Crippen molar-refractivity contribution in [1.82, 2.24) is 10.6 Å². The Morgan fingerprint density at radius 3 is 2.45 bits per heavy atom. The van der Waals surface area contributed by atoms with E-state index in [0.29, 0.717) is 29.5 Å². The van der Waals surface area contributed by atoms with Gasteiger partial charge in [-0.3, -0.25) is 4.79 Å². The van der Waals surface area contributed by atoms with E-state index in [9.17, 15) is 4.79 Å². The molecular weight excluding hydrogens is 300 g/mol. The molecule has 0 spiro atoms. The molecule has 0 aliphatic rings. The second-order valence-corrected chi connectivity index (χ2v) is 4.70. The summed E-state index contributed by atoms with van der Waals surface area (Å²) in [7, 11) is 3.09. The van der Waals surface area contributed by atoms with Crippen LogP contribution < -0.4 is 20.1 Å². The minimum Gasteiger partial charge on any atom is -0.493 e. The highest BCUT2D eigenvalue weighted by molar-refractivity contribution is 7.80. The number of ether oxygens (including phenoxy) is 2. The maximum Gasteiger partial charge on any atom is 0.225 e. The van der Waals surface area contributed by atoms with E-state index in [1.165, 1.54) is 0 Å². The molecule has 7 heteroatoms. The highest BCUT2D eigenvalue weighted by Gasteiger charge is 2.10. The fraction of sp³-hybridized carbons (Fsp3) is 0.385. The Morgan fingerprint density at radius 2 is 1.90 bits per heavy atom. The van der Waals surface area contributed by atoms with Crippen molar-refractivity contribution in [2.75, 3.05) is 14.2 Å². The number of nitrogens with one attached hydrogen (secondary N) is 2. The molecule has 20 heavy (non-hydrogen) atoms. The van der Waals surface area contributed by atoms with Crippen LogP contribution in [0, 0.1) is 0 Å². The highest BCUT2D eigenvalue weighted by atomic mass is 35.5. The Bertz CT molecular complexity index is 509. The van der Waals surface area contributed by atoms with Crippen molar-refractivity contribution in [2.45, 2.75) is 19.9 Å². The first-order valence-corrected chi connectivity index (χ1v) is 6.78. The first-order valence-electron chi connectivity index (χ1n) is 5.99. The molecule has 1 aromatic carbocycles. The van der Waals surface area contributed by atoms with Crippen LogP contribution in [0.25, 0.3) is 0 Å². The van der Waals surface area contributed by atoms with Crippen LogP contribution in [0.3, 0.4) is 0 Å². The summed E-state index contributed by atoms with van der Waals surface area (Å²) < 4.78 is 10.4. The number of hydrogen-bond donors (Lipinski definition) is 2. The zero-order valence-corrected chi connectivity index (χ0v) is 13.2. The molecule has 0 aromatic heterocycles. The Balaban J connectivity index is 2.73. The summed E-state index contributed by atoms with van der Waals surface area (Å²) in [5, 5.41) is 6.26. The number of rotatable bonds is 5. The van der Waals surface area contributed by atoms with Crippen molar-refractivity contribution in [3.63, 3.8) is 0 Å². The highest BCUT2D eigenvalue weighted by Crippen LogP contribution is 2.32. The van der Waals surface area contributed by atoms with Crippen LogP contribution >= 0.6 is 23.8 Å². The largest absolute Gasteiger partial charge is 0.493 e. The van der Waals surface area contributed by atoms with Crippen molar-refractivity contribution < 1.29 is 14.3 Å². The molecule has 0 aliphatic heterocycles. The lowest BCUT2D eigenvalue weighted by molar-refractivity contribution is -0.119. The average Bonchev–Trinajstić information content (AvgIpc) is 2.45. The van der Waals surface area contributed by atoms with Crippen molar-refractivity contribution in [2.24, 2.45) is 0 Å². The molecule has 0 unspecified atom stereocenters. The van der Waals surface area contributed by atoms with Gasteiger partial charge in [-0.05, 0) is 23.8 Å². The maximum absolute atomic E-state index is 11.2. The van der Waals surface area contributed by atoms with Gasteiger partial charge in [0.1, 0.15) is 0 Å². The van der Waals surface area contributed by atoms with Gasteiger partial charge < -0.3 is 20.1 Å². The number of benzene rings is 1. The summed E-state index contributed by atoms with van der Waals surface area (Å²) >= 11 is 11.2. The standard InChI is InChI=1S/C13H17ClN2O3S/c1-4-12(17)16-13(20)15-7-8-5-10(18-2)11(19-3)6-9(8)14/h5-6H,4,7H2,1-3H3,(H2,15,16,17,20). The average molecular weight is 317 g/mol. The van der Waals surface area contributed by atoms with Gasteiger partial charge in [0.15, 0.2) is 16.6 Å². The van der Waals surface area contributed by atoms with Gasteiger partial charge in [0.05, 0.1) is 14.2 Å². The summed E-state index contributed by atoms with van der Waals surface area (Å²) in [6.07, 6.45) is 0.374. The number of thiocarbonyl (C=S) groups is 1. The number of methoxy groups -OCH3 is 2. The quantitative estimate of drug-likeness (QED) is 0.816. The molecule has 0 fully saturated rings. The third-order valence-electron chi connectivity index (χ3n) is 2.57. The Morgan fingerprint density at radius 1 is 1.30 bits per heavy atom. The maximum atomic E-state index is 11.2. The van der Waals surface area contributed by atoms with Gasteiger partial charge in [0.2, 0.25) is 5.91 Å². The second kappa shape index (κ2) is 7.91. The predicted molar refractivity (Wildman–Crippen MR) is 82.4 cm³/mol. The minimum absolute atomic E-state index is 0.138. The van der Waals surface area contributed by atoms with Gasteiger partial charge in [-0.1, -0.05) is 18.5 Å². The van der Waals surface area contributed by atoms with E-state index in [-0.39, 0.29) is 11.0 Å². The Hall–Kier alpha value is -1.53. The SMILES string of the molecule is CCC(=O)NC(=S)NCc1cc(OC)c(OC)cc1Cl. The van der Waals surface area contributed by atoms with Gasteiger partial charge in [0.25, 0.3) is 0 Å². The Labute approximate surface area is 128 Å². The summed E-state index contributed by atoms with van der Waals surface area (Å²) in [5.74, 6) is 1.00. The van der Waals surface area contributed by atoms with Crippen molar-refractivity contribution in [3.8, 4) is 11.5 Å². The van der Waals surface area contributed by atoms with Crippen molar-refractivity contribution in [3.05, 3.63) is 22.7 Å². The van der Waals surface area contributed by atoms with Crippen LogP contribution in [0.4, 0.5) is 0 Å². The van der Waals surface area contributed by atoms with Gasteiger partial charge in [-0.15, -0.1) is 0 Å². The molecule has 110 valence electrons. The normalized spacial score (nSPS) is 9.80. The molecule has 1 aromatic rings. The fourth-order valence-electron chi connectivity index (χ4n) is 1.47. The smallest absolute Gasteiger partial charge is 0.225 e. The summed E-state index contributed by atoms with van der Waals surface area (Å²) in [4.78, 5) is 11.2. The van der Waals surface area contributed by atoms with E-state index in [0.717, 1.165) is 5.56 Å².